The summed E-state index contributed by atoms with van der Waals surface area (Å²) in [7, 11) is 1.81. The number of nitrogens with zero attached hydrogens (tertiary/aromatic N) is 2. The first-order valence-electron chi connectivity index (χ1n) is 7.62. The molecule has 4 heteroatoms. The number of hydrogen-bond acceptors (Lipinski definition) is 3. The minimum absolute atomic E-state index is 0.0748. The van der Waals surface area contributed by atoms with Crippen LogP contribution in [-0.2, 0) is 0 Å². The van der Waals surface area contributed by atoms with Gasteiger partial charge in [-0.3, -0.25) is 0 Å². The van der Waals surface area contributed by atoms with Crippen LogP contribution in [0.25, 0.3) is 0 Å². The van der Waals surface area contributed by atoms with Gasteiger partial charge in [-0.15, -0.1) is 0 Å². The van der Waals surface area contributed by atoms with E-state index in [1.54, 1.807) is 0 Å². The fourth-order valence-corrected chi connectivity index (χ4v) is 3.55. The topological polar surface area (TPSA) is 26.7 Å². The maximum Gasteiger partial charge on any atom is 0.0541 e. The molecule has 1 aliphatic heterocycles. The quantitative estimate of drug-likeness (QED) is 0.739. The van der Waals surface area contributed by atoms with Crippen LogP contribution in [0.3, 0.4) is 0 Å². The van der Waals surface area contributed by atoms with E-state index < -0.39 is 0 Å². The number of hydrogen-bond donors (Lipinski definition) is 1. The van der Waals surface area contributed by atoms with E-state index >= 15 is 0 Å². The smallest absolute Gasteiger partial charge is 0.0541 e. The summed E-state index contributed by atoms with van der Waals surface area (Å²) in [6.07, 6.45) is 11.3. The van der Waals surface area contributed by atoms with Crippen LogP contribution in [0.15, 0.2) is 0 Å². The van der Waals surface area contributed by atoms with Crippen molar-refractivity contribution in [2.45, 2.75) is 31.8 Å². The molecule has 0 amide bonds. The summed E-state index contributed by atoms with van der Waals surface area (Å²) in [6, 6.07) is 0. The van der Waals surface area contributed by atoms with Crippen molar-refractivity contribution >= 4 is 10.0 Å². The molecule has 1 saturated heterocycles. The van der Waals surface area contributed by atoms with Gasteiger partial charge in [0.1, 0.15) is 0 Å². The van der Waals surface area contributed by atoms with E-state index in [-0.39, 0.29) is 16.1 Å². The molecule has 0 spiro atoms. The SMILES string of the molecule is CN1CCN(CCCC(O)CCCS(C)(C)C)CC1. The Morgan fingerprint density at radius 2 is 1.58 bits per heavy atom. The van der Waals surface area contributed by atoms with Crippen LogP contribution in [-0.4, -0.2) is 85.3 Å². The third-order valence-electron chi connectivity index (χ3n) is 3.90. The van der Waals surface area contributed by atoms with E-state index in [9.17, 15) is 5.11 Å². The number of piperazine rings is 1. The monoisotopic (exact) mass is 290 g/mol. The minimum Gasteiger partial charge on any atom is -0.393 e. The first-order valence-corrected chi connectivity index (χ1v) is 10.6. The lowest BCUT2D eigenvalue weighted by molar-refractivity contribution is 0.126. The Bertz CT molecular complexity index is 235. The number of likely N-dealkylation sites (N-methyl/N-ethyl adjacent to an activating group) is 1. The highest BCUT2D eigenvalue weighted by Gasteiger charge is 2.14. The van der Waals surface area contributed by atoms with Crippen LogP contribution in [0, 0.1) is 0 Å². The molecular weight excluding hydrogens is 256 g/mol. The van der Waals surface area contributed by atoms with Gasteiger partial charge in [-0.05, 0) is 63.8 Å². The summed E-state index contributed by atoms with van der Waals surface area (Å²) in [5.74, 6) is 1.29. The summed E-state index contributed by atoms with van der Waals surface area (Å²) < 4.78 is 0. The van der Waals surface area contributed by atoms with Crippen LogP contribution in [0.5, 0.6) is 0 Å². The highest BCUT2D eigenvalue weighted by Crippen LogP contribution is 2.35. The maximum absolute atomic E-state index is 10.0. The Morgan fingerprint density at radius 3 is 2.16 bits per heavy atom. The van der Waals surface area contributed by atoms with Crippen molar-refractivity contribution in [1.29, 1.82) is 0 Å². The van der Waals surface area contributed by atoms with E-state index in [1.807, 2.05) is 0 Å². The Balaban J connectivity index is 1.99. The van der Waals surface area contributed by atoms with Gasteiger partial charge in [0.25, 0.3) is 0 Å². The summed E-state index contributed by atoms with van der Waals surface area (Å²) in [6.45, 7) is 5.93. The third kappa shape index (κ3) is 8.90. The molecule has 116 valence electrons. The lowest BCUT2D eigenvalue weighted by atomic mass is 10.1. The van der Waals surface area contributed by atoms with Crippen molar-refractivity contribution in [1.82, 2.24) is 9.80 Å². The molecular formula is C15H34N2OS. The molecule has 19 heavy (non-hydrogen) atoms. The van der Waals surface area contributed by atoms with E-state index in [2.05, 4.69) is 35.6 Å². The van der Waals surface area contributed by atoms with Crippen LogP contribution in [0.4, 0.5) is 0 Å². The van der Waals surface area contributed by atoms with Crippen molar-refractivity contribution in [3.8, 4) is 0 Å². The molecule has 1 atom stereocenters. The van der Waals surface area contributed by atoms with E-state index in [0.717, 1.165) is 25.8 Å². The van der Waals surface area contributed by atoms with Crippen molar-refractivity contribution < 1.29 is 5.11 Å². The number of aliphatic hydroxyl groups excluding tert-OH is 1. The summed E-state index contributed by atoms with van der Waals surface area (Å²) in [4.78, 5) is 4.92. The molecule has 1 rings (SSSR count). The average Bonchev–Trinajstić information content (AvgIpc) is 2.30. The van der Waals surface area contributed by atoms with E-state index in [1.165, 1.54) is 38.4 Å². The van der Waals surface area contributed by atoms with Gasteiger partial charge in [-0.2, -0.15) is 0 Å². The minimum atomic E-state index is -0.387. The highest BCUT2D eigenvalue weighted by molar-refractivity contribution is 8.32. The summed E-state index contributed by atoms with van der Waals surface area (Å²) >= 11 is 0. The van der Waals surface area contributed by atoms with Crippen molar-refractivity contribution in [3.05, 3.63) is 0 Å². The van der Waals surface area contributed by atoms with Crippen LogP contribution < -0.4 is 0 Å². The average molecular weight is 291 g/mol. The standard InChI is InChI=1S/C15H34N2OS/c1-16-10-12-17(13-11-16)9-5-7-15(18)8-6-14-19(2,3)4/h15,18H,5-14H2,1-4H3. The van der Waals surface area contributed by atoms with Crippen molar-refractivity contribution in [3.63, 3.8) is 0 Å². The third-order valence-corrected chi connectivity index (χ3v) is 5.42. The highest BCUT2D eigenvalue weighted by atomic mass is 32.3. The number of aliphatic hydroxyl groups is 1. The number of rotatable bonds is 8. The Morgan fingerprint density at radius 1 is 1.00 bits per heavy atom. The molecule has 1 fully saturated rings. The van der Waals surface area contributed by atoms with E-state index in [0.29, 0.717) is 0 Å². The second kappa shape index (κ2) is 8.50. The Kier molecular flexibility index (Phi) is 7.73. The predicted molar refractivity (Wildman–Crippen MR) is 88.6 cm³/mol. The van der Waals surface area contributed by atoms with Crippen molar-refractivity contribution in [2.75, 3.05) is 64.3 Å². The lowest BCUT2D eigenvalue weighted by Gasteiger charge is -2.32. The zero-order valence-corrected chi connectivity index (χ0v) is 14.2. The molecule has 3 nitrogen and oxygen atoms in total. The lowest BCUT2D eigenvalue weighted by Crippen LogP contribution is -2.44. The molecule has 0 radical (unpaired) electrons. The van der Waals surface area contributed by atoms with Gasteiger partial charge in [-0.25, -0.2) is 10.0 Å². The largest absolute Gasteiger partial charge is 0.393 e. The van der Waals surface area contributed by atoms with Gasteiger partial charge >= 0.3 is 0 Å². The van der Waals surface area contributed by atoms with Gasteiger partial charge in [-0.1, -0.05) is 0 Å². The fraction of sp³-hybridized carbons (Fsp3) is 1.00. The first-order chi connectivity index (χ1) is 8.87. The van der Waals surface area contributed by atoms with Gasteiger partial charge in [0.15, 0.2) is 0 Å². The zero-order valence-electron chi connectivity index (χ0n) is 13.4. The molecule has 1 aliphatic rings. The second-order valence-corrected chi connectivity index (χ2v) is 11.5. The molecule has 1 unspecified atom stereocenters. The molecule has 0 aromatic carbocycles. The van der Waals surface area contributed by atoms with Gasteiger partial charge < -0.3 is 14.9 Å². The molecule has 0 bridgehead atoms. The molecule has 0 aromatic rings. The predicted octanol–water partition coefficient (Wildman–Crippen LogP) is 1.85. The van der Waals surface area contributed by atoms with E-state index in [4.69, 9.17) is 0 Å². The molecule has 1 heterocycles. The van der Waals surface area contributed by atoms with Crippen LogP contribution >= 0.6 is 10.0 Å². The zero-order chi connectivity index (χ0) is 14.3. The maximum atomic E-state index is 10.0. The normalized spacial score (nSPS) is 21.5. The van der Waals surface area contributed by atoms with Gasteiger partial charge in [0.05, 0.1) is 6.10 Å². The van der Waals surface area contributed by atoms with Crippen LogP contribution in [0.2, 0.25) is 0 Å². The summed E-state index contributed by atoms with van der Waals surface area (Å²) in [5, 5.41) is 10.0. The Labute approximate surface area is 121 Å². The molecule has 1 N–H and O–H groups in total. The first kappa shape index (κ1) is 17.3. The van der Waals surface area contributed by atoms with Crippen molar-refractivity contribution in [2.24, 2.45) is 0 Å². The second-order valence-electron chi connectivity index (χ2n) is 6.88. The fourth-order valence-electron chi connectivity index (χ4n) is 2.52. The van der Waals surface area contributed by atoms with Gasteiger partial charge in [0, 0.05) is 26.2 Å². The van der Waals surface area contributed by atoms with Gasteiger partial charge in [0.2, 0.25) is 0 Å². The summed E-state index contributed by atoms with van der Waals surface area (Å²) in [5.41, 5.74) is 0. The Hall–Kier alpha value is 0.230. The molecule has 0 saturated carbocycles. The molecule has 0 aromatic heterocycles. The molecule has 0 aliphatic carbocycles. The van der Waals surface area contributed by atoms with Crippen LogP contribution in [0.1, 0.15) is 25.7 Å².